The molecule has 0 aromatic heterocycles. The Kier molecular flexibility index (Phi) is 9.26. The van der Waals surface area contributed by atoms with Gasteiger partial charge in [-0.2, -0.15) is 0 Å². The molecular weight excluding hydrogens is 393 g/mol. The predicted molar refractivity (Wildman–Crippen MR) is 96.6 cm³/mol. The first kappa shape index (κ1) is 19.1. The third-order valence-corrected chi connectivity index (χ3v) is 4.24. The Hall–Kier alpha value is -0.990. The summed E-state index contributed by atoms with van der Waals surface area (Å²) in [6.45, 7) is 2.11. The number of nitrogens with one attached hydrogen (secondary N) is 2. The quantitative estimate of drug-likeness (QED) is 0.308. The van der Waals surface area contributed by atoms with Crippen molar-refractivity contribution in [3.63, 3.8) is 0 Å². The van der Waals surface area contributed by atoms with Gasteiger partial charge in [0.2, 0.25) is 5.91 Å². The Morgan fingerprint density at radius 1 is 1.18 bits per heavy atom. The number of halogens is 1. The number of carbonyl (C=O) groups excluding carboxylic acids is 2. The highest BCUT2D eigenvalue weighted by atomic mass is 127. The van der Waals surface area contributed by atoms with Gasteiger partial charge in [-0.05, 0) is 44.7 Å². The van der Waals surface area contributed by atoms with Crippen LogP contribution in [-0.2, 0) is 16.0 Å². The van der Waals surface area contributed by atoms with Crippen LogP contribution in [0.1, 0.15) is 31.7 Å². The minimum absolute atomic E-state index is 0.0164. The van der Waals surface area contributed by atoms with E-state index in [9.17, 15) is 9.59 Å². The molecule has 1 aromatic rings. The van der Waals surface area contributed by atoms with E-state index in [4.69, 9.17) is 5.73 Å². The molecule has 0 aliphatic rings. The van der Waals surface area contributed by atoms with Gasteiger partial charge < -0.3 is 11.1 Å². The highest BCUT2D eigenvalue weighted by Crippen LogP contribution is 2.07. The SMILES string of the molecule is CC(=O)C(CCCCN)NC(=O)C(Cc1ccccc1)NI. The van der Waals surface area contributed by atoms with E-state index in [1.54, 1.807) is 0 Å². The van der Waals surface area contributed by atoms with Gasteiger partial charge in [0.1, 0.15) is 0 Å². The van der Waals surface area contributed by atoms with Crippen molar-refractivity contribution in [2.45, 2.75) is 44.7 Å². The number of Topliss-reactive ketones (excluding diaryl/α,β-unsaturated/α-hetero) is 1. The molecule has 0 radical (unpaired) electrons. The van der Waals surface area contributed by atoms with Gasteiger partial charge in [-0.25, -0.2) is 3.53 Å². The standard InChI is InChI=1S/C16H24IN3O2/c1-12(21)14(9-5-6-10-18)19-16(22)15(20-17)11-13-7-3-2-4-8-13/h2-4,7-8,14-15,20H,5-6,9-11,18H2,1H3,(H,19,22). The number of nitrogens with two attached hydrogens (primary N) is 1. The van der Waals surface area contributed by atoms with Crippen molar-refractivity contribution < 1.29 is 9.59 Å². The Bertz CT molecular complexity index is 468. The molecule has 0 spiro atoms. The monoisotopic (exact) mass is 417 g/mol. The van der Waals surface area contributed by atoms with Crippen molar-refractivity contribution in [3.8, 4) is 0 Å². The predicted octanol–water partition coefficient (Wildman–Crippen LogP) is 1.74. The maximum atomic E-state index is 12.4. The molecule has 0 aliphatic heterocycles. The van der Waals surface area contributed by atoms with Gasteiger partial charge in [0, 0.05) is 22.9 Å². The van der Waals surface area contributed by atoms with Crippen molar-refractivity contribution in [2.24, 2.45) is 5.73 Å². The number of benzene rings is 1. The van der Waals surface area contributed by atoms with Crippen LogP contribution in [0.15, 0.2) is 30.3 Å². The number of carbonyl (C=O) groups is 2. The summed E-state index contributed by atoms with van der Waals surface area (Å²) < 4.78 is 2.99. The number of hydrogen-bond donors (Lipinski definition) is 3. The summed E-state index contributed by atoms with van der Waals surface area (Å²) in [6.07, 6.45) is 2.92. The number of ketones is 1. The van der Waals surface area contributed by atoms with Crippen molar-refractivity contribution in [3.05, 3.63) is 35.9 Å². The van der Waals surface area contributed by atoms with E-state index in [1.807, 2.05) is 53.2 Å². The lowest BCUT2D eigenvalue weighted by Gasteiger charge is -2.20. The highest BCUT2D eigenvalue weighted by Gasteiger charge is 2.22. The molecule has 0 aliphatic carbocycles. The lowest BCUT2D eigenvalue weighted by molar-refractivity contribution is -0.128. The van der Waals surface area contributed by atoms with Crippen LogP contribution in [0, 0.1) is 0 Å². The summed E-state index contributed by atoms with van der Waals surface area (Å²) in [5, 5.41) is 2.85. The number of unbranched alkanes of at least 4 members (excludes halogenated alkanes) is 1. The van der Waals surface area contributed by atoms with E-state index in [-0.39, 0.29) is 17.7 Å². The van der Waals surface area contributed by atoms with Crippen LogP contribution in [0.4, 0.5) is 0 Å². The van der Waals surface area contributed by atoms with Gasteiger partial charge in [0.15, 0.2) is 5.78 Å². The zero-order valence-corrected chi connectivity index (χ0v) is 15.0. The fraction of sp³-hybridized carbons (Fsp3) is 0.500. The zero-order chi connectivity index (χ0) is 16.4. The van der Waals surface area contributed by atoms with Gasteiger partial charge in [-0.3, -0.25) is 9.59 Å². The molecule has 0 bridgehead atoms. The molecule has 0 saturated heterocycles. The van der Waals surface area contributed by atoms with Crippen LogP contribution in [0.25, 0.3) is 0 Å². The maximum absolute atomic E-state index is 12.4. The van der Waals surface area contributed by atoms with E-state index in [0.717, 1.165) is 18.4 Å². The molecule has 22 heavy (non-hydrogen) atoms. The van der Waals surface area contributed by atoms with E-state index in [1.165, 1.54) is 6.92 Å². The molecule has 1 rings (SSSR count). The molecule has 0 saturated carbocycles. The van der Waals surface area contributed by atoms with E-state index < -0.39 is 6.04 Å². The summed E-state index contributed by atoms with van der Waals surface area (Å²) in [6, 6.07) is 9.02. The second-order valence-electron chi connectivity index (χ2n) is 5.31. The molecule has 2 atom stereocenters. The van der Waals surface area contributed by atoms with Crippen molar-refractivity contribution in [1.29, 1.82) is 0 Å². The minimum atomic E-state index is -0.429. The Morgan fingerprint density at radius 2 is 1.86 bits per heavy atom. The molecule has 4 N–H and O–H groups in total. The van der Waals surface area contributed by atoms with Crippen LogP contribution in [0.3, 0.4) is 0 Å². The van der Waals surface area contributed by atoms with Crippen molar-refractivity contribution in [1.82, 2.24) is 8.85 Å². The van der Waals surface area contributed by atoms with Gasteiger partial charge in [-0.1, -0.05) is 30.3 Å². The Balaban J connectivity index is 2.59. The average Bonchev–Trinajstić information content (AvgIpc) is 2.52. The highest BCUT2D eigenvalue weighted by molar-refractivity contribution is 14.1. The zero-order valence-electron chi connectivity index (χ0n) is 12.8. The smallest absolute Gasteiger partial charge is 0.238 e. The third kappa shape index (κ3) is 6.85. The normalized spacial score (nSPS) is 13.4. The van der Waals surface area contributed by atoms with Crippen molar-refractivity contribution >= 4 is 34.6 Å². The van der Waals surface area contributed by atoms with Gasteiger partial charge in [-0.15, -0.1) is 0 Å². The molecule has 5 nitrogen and oxygen atoms in total. The lowest BCUT2D eigenvalue weighted by Crippen LogP contribution is -2.48. The second-order valence-corrected chi connectivity index (χ2v) is 5.93. The largest absolute Gasteiger partial charge is 0.345 e. The topological polar surface area (TPSA) is 84.2 Å². The van der Waals surface area contributed by atoms with E-state index >= 15 is 0 Å². The van der Waals surface area contributed by atoms with Crippen LogP contribution in [0.5, 0.6) is 0 Å². The van der Waals surface area contributed by atoms with Crippen LogP contribution >= 0.6 is 22.9 Å². The van der Waals surface area contributed by atoms with Gasteiger partial charge in [0.05, 0.1) is 12.1 Å². The number of amides is 1. The minimum Gasteiger partial charge on any atom is -0.345 e. The molecule has 0 fully saturated rings. The summed E-state index contributed by atoms with van der Waals surface area (Å²) >= 11 is 1.98. The van der Waals surface area contributed by atoms with E-state index in [2.05, 4.69) is 8.85 Å². The second kappa shape index (κ2) is 10.7. The third-order valence-electron chi connectivity index (χ3n) is 3.48. The molecule has 1 aromatic carbocycles. The van der Waals surface area contributed by atoms with Gasteiger partial charge >= 0.3 is 0 Å². The first-order valence-electron chi connectivity index (χ1n) is 7.49. The lowest BCUT2D eigenvalue weighted by atomic mass is 10.0. The first-order valence-corrected chi connectivity index (χ1v) is 8.57. The van der Waals surface area contributed by atoms with Crippen LogP contribution in [-0.4, -0.2) is 30.3 Å². The summed E-state index contributed by atoms with van der Waals surface area (Å²) in [7, 11) is 0. The Labute approximate surface area is 145 Å². The molecule has 2 unspecified atom stereocenters. The summed E-state index contributed by atoms with van der Waals surface area (Å²) in [4.78, 5) is 24.0. The van der Waals surface area contributed by atoms with Crippen LogP contribution in [0.2, 0.25) is 0 Å². The maximum Gasteiger partial charge on any atom is 0.238 e. The first-order chi connectivity index (χ1) is 10.6. The van der Waals surface area contributed by atoms with Crippen LogP contribution < -0.4 is 14.6 Å². The fourth-order valence-electron chi connectivity index (χ4n) is 2.17. The average molecular weight is 417 g/mol. The molecule has 122 valence electrons. The molecular formula is C16H24IN3O2. The molecule has 6 heteroatoms. The summed E-state index contributed by atoms with van der Waals surface area (Å²) in [5.41, 5.74) is 6.54. The molecule has 0 heterocycles. The number of rotatable bonds is 10. The number of hydrogen-bond acceptors (Lipinski definition) is 4. The Morgan fingerprint density at radius 3 is 2.41 bits per heavy atom. The van der Waals surface area contributed by atoms with Gasteiger partial charge in [0.25, 0.3) is 0 Å². The molecule has 1 amide bonds. The van der Waals surface area contributed by atoms with E-state index in [0.29, 0.717) is 19.4 Å². The summed E-state index contributed by atoms with van der Waals surface area (Å²) in [5.74, 6) is -0.163. The fourth-order valence-corrected chi connectivity index (χ4v) is 2.68. The van der Waals surface area contributed by atoms with Crippen molar-refractivity contribution in [2.75, 3.05) is 6.54 Å².